The number of ether oxygens (including phenoxy) is 3. The first kappa shape index (κ1) is 16.7. The first-order valence-corrected chi connectivity index (χ1v) is 8.70. The van der Waals surface area contributed by atoms with E-state index in [0.717, 1.165) is 37.4 Å². The van der Waals surface area contributed by atoms with E-state index in [4.69, 9.17) is 18.6 Å². The van der Waals surface area contributed by atoms with Crippen molar-refractivity contribution in [1.29, 1.82) is 0 Å². The van der Waals surface area contributed by atoms with E-state index in [9.17, 15) is 4.79 Å². The van der Waals surface area contributed by atoms with Gasteiger partial charge in [0, 0.05) is 24.5 Å². The van der Waals surface area contributed by atoms with Crippen molar-refractivity contribution >= 4 is 11.0 Å². The molecule has 2 aromatic carbocycles. The van der Waals surface area contributed by atoms with Crippen molar-refractivity contribution in [3.63, 3.8) is 0 Å². The van der Waals surface area contributed by atoms with Gasteiger partial charge in [-0.2, -0.15) is 0 Å². The van der Waals surface area contributed by atoms with E-state index in [1.165, 1.54) is 6.07 Å². The summed E-state index contributed by atoms with van der Waals surface area (Å²) in [6, 6.07) is 14.4. The summed E-state index contributed by atoms with van der Waals surface area (Å²) in [5.41, 5.74) is 1.28. The lowest BCUT2D eigenvalue weighted by atomic mass is 10.1. The molecular formula is C21H20O5. The maximum Gasteiger partial charge on any atom is 0.193 e. The summed E-state index contributed by atoms with van der Waals surface area (Å²) in [7, 11) is 1.57. The smallest absolute Gasteiger partial charge is 0.193 e. The van der Waals surface area contributed by atoms with Crippen LogP contribution in [0.25, 0.3) is 22.3 Å². The molecule has 0 N–H and O–H groups in total. The van der Waals surface area contributed by atoms with Crippen molar-refractivity contribution in [3.8, 4) is 22.8 Å². The molecule has 3 aromatic rings. The molecule has 0 amide bonds. The van der Waals surface area contributed by atoms with Crippen LogP contribution >= 0.6 is 0 Å². The zero-order chi connectivity index (χ0) is 17.9. The Bertz CT molecular complexity index is 952. The lowest BCUT2D eigenvalue weighted by Gasteiger charge is -2.23. The molecule has 4 rings (SSSR count). The van der Waals surface area contributed by atoms with Crippen molar-refractivity contribution in [2.45, 2.75) is 18.9 Å². The molecule has 1 aliphatic rings. The van der Waals surface area contributed by atoms with Crippen LogP contribution in [0.1, 0.15) is 12.8 Å². The second kappa shape index (κ2) is 7.22. The number of benzene rings is 2. The van der Waals surface area contributed by atoms with Crippen molar-refractivity contribution in [2.75, 3.05) is 20.3 Å². The molecule has 0 aliphatic carbocycles. The highest BCUT2D eigenvalue weighted by Crippen LogP contribution is 2.27. The SMILES string of the molecule is COc1ccc2oc(-c3ccc(OC4CCOCC4)cc3)cc(=O)c2c1. The van der Waals surface area contributed by atoms with Crippen LogP contribution in [-0.2, 0) is 4.74 Å². The molecule has 134 valence electrons. The summed E-state index contributed by atoms with van der Waals surface area (Å²) in [5.74, 6) is 1.98. The third-order valence-electron chi connectivity index (χ3n) is 4.54. The summed E-state index contributed by atoms with van der Waals surface area (Å²) in [6.45, 7) is 1.49. The molecular weight excluding hydrogens is 332 g/mol. The van der Waals surface area contributed by atoms with Crippen molar-refractivity contribution < 1.29 is 18.6 Å². The molecule has 0 bridgehead atoms. The summed E-state index contributed by atoms with van der Waals surface area (Å²) < 4.78 is 22.4. The first-order chi connectivity index (χ1) is 12.7. The summed E-state index contributed by atoms with van der Waals surface area (Å²) >= 11 is 0. The predicted molar refractivity (Wildman–Crippen MR) is 98.9 cm³/mol. The molecule has 0 unspecified atom stereocenters. The number of rotatable bonds is 4. The predicted octanol–water partition coefficient (Wildman–Crippen LogP) is 4.03. The number of methoxy groups -OCH3 is 1. The molecule has 0 spiro atoms. The third kappa shape index (κ3) is 3.44. The van der Waals surface area contributed by atoms with E-state index >= 15 is 0 Å². The standard InChI is InChI=1S/C21H20O5/c1-23-17-6-7-20-18(12-17)19(22)13-21(26-20)14-2-4-15(5-3-14)25-16-8-10-24-11-9-16/h2-7,12-13,16H,8-11H2,1H3. The molecule has 0 radical (unpaired) electrons. The molecule has 1 aromatic heterocycles. The van der Waals surface area contributed by atoms with Gasteiger partial charge in [-0.3, -0.25) is 4.79 Å². The highest BCUT2D eigenvalue weighted by atomic mass is 16.5. The molecule has 2 heterocycles. The van der Waals surface area contributed by atoms with E-state index < -0.39 is 0 Å². The minimum absolute atomic E-state index is 0.0947. The fourth-order valence-electron chi connectivity index (χ4n) is 3.09. The molecule has 0 atom stereocenters. The Balaban J connectivity index is 1.59. The monoisotopic (exact) mass is 352 g/mol. The molecule has 1 fully saturated rings. The maximum absolute atomic E-state index is 12.4. The molecule has 5 heteroatoms. The minimum atomic E-state index is -0.0947. The van der Waals surface area contributed by atoms with Crippen LogP contribution in [0.3, 0.4) is 0 Å². The Labute approximate surface area is 151 Å². The van der Waals surface area contributed by atoms with Crippen molar-refractivity contribution in [1.82, 2.24) is 0 Å². The Morgan fingerprint density at radius 2 is 1.69 bits per heavy atom. The van der Waals surface area contributed by atoms with Gasteiger partial charge in [0.05, 0.1) is 25.7 Å². The highest BCUT2D eigenvalue weighted by Gasteiger charge is 2.15. The topological polar surface area (TPSA) is 57.9 Å². The van der Waals surface area contributed by atoms with Gasteiger partial charge in [-0.15, -0.1) is 0 Å². The fraction of sp³-hybridized carbons (Fsp3) is 0.286. The second-order valence-electron chi connectivity index (χ2n) is 6.29. The molecule has 1 aliphatic heterocycles. The van der Waals surface area contributed by atoms with E-state index in [-0.39, 0.29) is 11.5 Å². The normalized spacial score (nSPS) is 15.1. The van der Waals surface area contributed by atoms with Crippen LogP contribution in [0.5, 0.6) is 11.5 Å². The van der Waals surface area contributed by atoms with Crippen LogP contribution in [-0.4, -0.2) is 26.4 Å². The van der Waals surface area contributed by atoms with E-state index in [2.05, 4.69) is 0 Å². The van der Waals surface area contributed by atoms with E-state index in [1.54, 1.807) is 25.3 Å². The average molecular weight is 352 g/mol. The minimum Gasteiger partial charge on any atom is -0.497 e. The van der Waals surface area contributed by atoms with Gasteiger partial charge in [-0.1, -0.05) is 0 Å². The third-order valence-corrected chi connectivity index (χ3v) is 4.54. The molecule has 0 saturated carbocycles. The van der Waals surface area contributed by atoms with Gasteiger partial charge in [0.1, 0.15) is 28.9 Å². The Hall–Kier alpha value is -2.79. The fourth-order valence-corrected chi connectivity index (χ4v) is 3.09. The van der Waals surface area contributed by atoms with E-state index in [0.29, 0.717) is 22.5 Å². The highest BCUT2D eigenvalue weighted by molar-refractivity contribution is 5.80. The maximum atomic E-state index is 12.4. The zero-order valence-electron chi connectivity index (χ0n) is 14.6. The lowest BCUT2D eigenvalue weighted by Crippen LogP contribution is -2.25. The number of hydrogen-bond acceptors (Lipinski definition) is 5. The Kier molecular flexibility index (Phi) is 4.63. The van der Waals surface area contributed by atoms with Crippen molar-refractivity contribution in [3.05, 3.63) is 58.8 Å². The lowest BCUT2D eigenvalue weighted by molar-refractivity contribution is 0.0256. The molecule has 1 saturated heterocycles. The molecule has 26 heavy (non-hydrogen) atoms. The Morgan fingerprint density at radius 3 is 2.42 bits per heavy atom. The van der Waals surface area contributed by atoms with Crippen LogP contribution in [0.2, 0.25) is 0 Å². The van der Waals surface area contributed by atoms with Crippen LogP contribution in [0.15, 0.2) is 57.7 Å². The van der Waals surface area contributed by atoms with Crippen LogP contribution < -0.4 is 14.9 Å². The average Bonchev–Trinajstić information content (AvgIpc) is 2.69. The van der Waals surface area contributed by atoms with Gasteiger partial charge in [-0.25, -0.2) is 0 Å². The van der Waals surface area contributed by atoms with Gasteiger partial charge in [0.2, 0.25) is 0 Å². The molecule has 5 nitrogen and oxygen atoms in total. The summed E-state index contributed by atoms with van der Waals surface area (Å²) in [5, 5.41) is 0.507. The largest absolute Gasteiger partial charge is 0.497 e. The quantitative estimate of drug-likeness (QED) is 0.710. The van der Waals surface area contributed by atoms with Gasteiger partial charge in [0.15, 0.2) is 5.43 Å². The van der Waals surface area contributed by atoms with Crippen LogP contribution in [0, 0.1) is 0 Å². The number of hydrogen-bond donors (Lipinski definition) is 0. The second-order valence-corrected chi connectivity index (χ2v) is 6.29. The summed E-state index contributed by atoms with van der Waals surface area (Å²) in [4.78, 5) is 12.4. The van der Waals surface area contributed by atoms with Crippen LogP contribution in [0.4, 0.5) is 0 Å². The summed E-state index contributed by atoms with van der Waals surface area (Å²) in [6.07, 6.45) is 2.01. The zero-order valence-corrected chi connectivity index (χ0v) is 14.6. The van der Waals surface area contributed by atoms with Crippen molar-refractivity contribution in [2.24, 2.45) is 0 Å². The van der Waals surface area contributed by atoms with Gasteiger partial charge >= 0.3 is 0 Å². The van der Waals surface area contributed by atoms with Gasteiger partial charge in [-0.05, 0) is 42.5 Å². The van der Waals surface area contributed by atoms with Gasteiger partial charge < -0.3 is 18.6 Å². The van der Waals surface area contributed by atoms with E-state index in [1.807, 2.05) is 24.3 Å². The Morgan fingerprint density at radius 1 is 0.962 bits per heavy atom. The first-order valence-electron chi connectivity index (χ1n) is 8.70. The van der Waals surface area contributed by atoms with Gasteiger partial charge in [0.25, 0.3) is 0 Å². The number of fused-ring (bicyclic) bond motifs is 1.